The fraction of sp³-hybridized carbons (Fsp3) is 0.412. The molecule has 0 radical (unpaired) electrons. The van der Waals surface area contributed by atoms with E-state index in [0.717, 1.165) is 49.0 Å². The van der Waals surface area contributed by atoms with Crippen LogP contribution in [0, 0.1) is 0 Å². The highest BCUT2D eigenvalue weighted by molar-refractivity contribution is 6.32. The van der Waals surface area contributed by atoms with Gasteiger partial charge >= 0.3 is 0 Å². The molecular formula is C34H42O6. The van der Waals surface area contributed by atoms with Crippen molar-refractivity contribution in [2.24, 2.45) is 0 Å². The lowest BCUT2D eigenvalue weighted by Gasteiger charge is -2.23. The van der Waals surface area contributed by atoms with Crippen molar-refractivity contribution < 1.29 is 28.7 Å². The van der Waals surface area contributed by atoms with Gasteiger partial charge in [0.1, 0.15) is 0 Å². The van der Waals surface area contributed by atoms with Crippen molar-refractivity contribution in [3.63, 3.8) is 0 Å². The van der Waals surface area contributed by atoms with Gasteiger partial charge < -0.3 is 9.47 Å². The van der Waals surface area contributed by atoms with Crippen molar-refractivity contribution in [1.29, 1.82) is 0 Å². The molecule has 2 aliphatic rings. The first-order chi connectivity index (χ1) is 18.9. The van der Waals surface area contributed by atoms with Crippen LogP contribution >= 0.6 is 0 Å². The van der Waals surface area contributed by atoms with Crippen LogP contribution in [0.3, 0.4) is 0 Å². The maximum Gasteiger partial charge on any atom is 0.224 e. The molecule has 40 heavy (non-hydrogen) atoms. The zero-order valence-corrected chi connectivity index (χ0v) is 25.2. The number of ether oxygens (including phenoxy) is 2. The van der Waals surface area contributed by atoms with E-state index in [0.29, 0.717) is 0 Å². The molecule has 0 bridgehead atoms. The van der Waals surface area contributed by atoms with E-state index in [1.54, 1.807) is 0 Å². The molecule has 2 aliphatic carbocycles. The number of allylic oxidation sites excluding steroid dienone is 14. The standard InChI is InChI=1S/C34H42O6/c1-21(2)11-9-13-23(5)15-17-25-31(27(35)19-29(39-7)33(25)37)32-26(34(38)30(40-8)20-28(32)36)18-16-24(6)14-10-12-22(3)4/h11-12,15-16,19-20H,9-10,13-14,17-18H2,1-8H3. The van der Waals surface area contributed by atoms with Gasteiger partial charge in [-0.1, -0.05) is 46.6 Å². The highest BCUT2D eigenvalue weighted by Gasteiger charge is 2.38. The Morgan fingerprint density at radius 2 is 0.950 bits per heavy atom. The zero-order chi connectivity index (χ0) is 30.0. The summed E-state index contributed by atoms with van der Waals surface area (Å²) >= 11 is 0. The SMILES string of the molecule is COC1=CC(=O)C(C2=C(CC=C(C)CCC=C(C)C)C(=O)C(OC)=CC2=O)=C(CC=C(C)CCC=C(C)C)C1=O. The summed E-state index contributed by atoms with van der Waals surface area (Å²) in [5.41, 5.74) is 4.79. The molecular weight excluding hydrogens is 504 g/mol. The van der Waals surface area contributed by atoms with Gasteiger partial charge in [-0.25, -0.2) is 0 Å². The maximum atomic E-state index is 13.4. The Bertz CT molecular complexity index is 1210. The maximum absolute atomic E-state index is 13.4. The summed E-state index contributed by atoms with van der Waals surface area (Å²) in [4.78, 5) is 53.7. The first-order valence-corrected chi connectivity index (χ1v) is 13.6. The van der Waals surface area contributed by atoms with E-state index in [9.17, 15) is 19.2 Å². The number of rotatable bonds is 13. The molecule has 0 saturated heterocycles. The minimum Gasteiger partial charge on any atom is -0.493 e. The fourth-order valence-electron chi connectivity index (χ4n) is 4.51. The number of hydrogen-bond acceptors (Lipinski definition) is 6. The summed E-state index contributed by atoms with van der Waals surface area (Å²) in [7, 11) is 2.66. The molecule has 0 saturated carbocycles. The van der Waals surface area contributed by atoms with Gasteiger partial charge in [0, 0.05) is 34.4 Å². The number of Topliss-reactive ketones (excluding diaryl/α,β-unsaturated/α-hetero) is 2. The van der Waals surface area contributed by atoms with E-state index in [1.165, 1.54) is 25.4 Å². The molecule has 0 fully saturated rings. The van der Waals surface area contributed by atoms with Crippen LogP contribution in [-0.2, 0) is 28.7 Å². The Balaban J connectivity index is 2.64. The number of hydrogen-bond donors (Lipinski definition) is 0. The Kier molecular flexibility index (Phi) is 12.2. The lowest BCUT2D eigenvalue weighted by Crippen LogP contribution is -2.28. The van der Waals surface area contributed by atoms with Gasteiger partial charge in [-0.3, -0.25) is 19.2 Å². The highest BCUT2D eigenvalue weighted by Crippen LogP contribution is 2.35. The molecule has 0 amide bonds. The van der Waals surface area contributed by atoms with Gasteiger partial charge in [0.2, 0.25) is 11.6 Å². The number of ketones is 4. The van der Waals surface area contributed by atoms with Gasteiger partial charge in [0.25, 0.3) is 0 Å². The second-order valence-corrected chi connectivity index (χ2v) is 10.7. The quantitative estimate of drug-likeness (QED) is 0.181. The Morgan fingerprint density at radius 3 is 1.25 bits per heavy atom. The normalized spacial score (nSPS) is 16.7. The lowest BCUT2D eigenvalue weighted by molar-refractivity contribution is -0.119. The smallest absolute Gasteiger partial charge is 0.224 e. The molecule has 0 N–H and O–H groups in total. The molecule has 0 aromatic carbocycles. The summed E-state index contributed by atoms with van der Waals surface area (Å²) in [6, 6.07) is 0. The van der Waals surface area contributed by atoms with Crippen LogP contribution in [0.2, 0.25) is 0 Å². The highest BCUT2D eigenvalue weighted by atomic mass is 16.5. The lowest BCUT2D eigenvalue weighted by atomic mass is 9.79. The predicted octanol–water partition coefficient (Wildman–Crippen LogP) is 7.11. The first kappa shape index (κ1) is 32.4. The average molecular weight is 547 g/mol. The molecule has 0 heterocycles. The molecule has 0 aromatic rings. The zero-order valence-electron chi connectivity index (χ0n) is 25.2. The summed E-state index contributed by atoms with van der Waals surface area (Å²) < 4.78 is 10.4. The Labute approximate surface area is 238 Å². The van der Waals surface area contributed by atoms with Crippen LogP contribution in [0.1, 0.15) is 80.1 Å². The van der Waals surface area contributed by atoms with Crippen LogP contribution in [-0.4, -0.2) is 37.4 Å². The van der Waals surface area contributed by atoms with Gasteiger partial charge in [0.05, 0.1) is 14.2 Å². The van der Waals surface area contributed by atoms with Crippen LogP contribution in [0.4, 0.5) is 0 Å². The summed E-state index contributed by atoms with van der Waals surface area (Å²) in [6.07, 6.45) is 13.9. The van der Waals surface area contributed by atoms with Gasteiger partial charge in [-0.05, 0) is 80.1 Å². The van der Waals surface area contributed by atoms with Crippen molar-refractivity contribution in [3.8, 4) is 0 Å². The van der Waals surface area contributed by atoms with E-state index in [-0.39, 0.29) is 46.7 Å². The molecule has 6 heteroatoms. The topological polar surface area (TPSA) is 86.7 Å². The molecule has 0 unspecified atom stereocenters. The third-order valence-corrected chi connectivity index (χ3v) is 6.80. The van der Waals surface area contributed by atoms with Crippen LogP contribution in [0.5, 0.6) is 0 Å². The van der Waals surface area contributed by atoms with Crippen molar-refractivity contribution in [2.75, 3.05) is 14.2 Å². The van der Waals surface area contributed by atoms with Gasteiger partial charge in [-0.15, -0.1) is 0 Å². The van der Waals surface area contributed by atoms with Gasteiger partial charge in [0.15, 0.2) is 23.1 Å². The molecule has 0 aromatic heterocycles. The third kappa shape index (κ3) is 8.60. The van der Waals surface area contributed by atoms with E-state index in [1.807, 2.05) is 53.7 Å². The average Bonchev–Trinajstić information content (AvgIpc) is 2.88. The Morgan fingerprint density at radius 1 is 0.600 bits per heavy atom. The van der Waals surface area contributed by atoms with Crippen molar-refractivity contribution in [2.45, 2.75) is 80.1 Å². The predicted molar refractivity (Wildman–Crippen MR) is 158 cm³/mol. The van der Waals surface area contributed by atoms with Crippen LogP contribution in [0.15, 0.2) is 92.6 Å². The van der Waals surface area contributed by atoms with Crippen molar-refractivity contribution in [1.82, 2.24) is 0 Å². The minimum absolute atomic E-state index is 0.0329. The van der Waals surface area contributed by atoms with E-state index >= 15 is 0 Å². The minimum atomic E-state index is -0.533. The number of carbonyl (C=O) groups is 4. The molecule has 0 aliphatic heterocycles. The fourth-order valence-corrected chi connectivity index (χ4v) is 4.51. The Hall–Kier alpha value is -3.80. The third-order valence-electron chi connectivity index (χ3n) is 6.80. The largest absolute Gasteiger partial charge is 0.493 e. The van der Waals surface area contributed by atoms with Gasteiger partial charge in [-0.2, -0.15) is 0 Å². The first-order valence-electron chi connectivity index (χ1n) is 13.6. The number of methoxy groups -OCH3 is 2. The molecule has 2 rings (SSSR count). The second-order valence-electron chi connectivity index (χ2n) is 10.7. The van der Waals surface area contributed by atoms with Crippen molar-refractivity contribution >= 4 is 23.1 Å². The summed E-state index contributed by atoms with van der Waals surface area (Å²) in [6.45, 7) is 12.1. The van der Waals surface area contributed by atoms with E-state index < -0.39 is 23.1 Å². The van der Waals surface area contributed by atoms with E-state index in [4.69, 9.17) is 9.47 Å². The number of carbonyl (C=O) groups excluding carboxylic acids is 4. The van der Waals surface area contributed by atoms with Crippen molar-refractivity contribution in [3.05, 3.63) is 92.6 Å². The summed E-state index contributed by atoms with van der Waals surface area (Å²) in [5, 5.41) is 0. The molecule has 0 atom stereocenters. The molecule has 6 nitrogen and oxygen atoms in total. The molecule has 0 spiro atoms. The molecule has 214 valence electrons. The monoisotopic (exact) mass is 546 g/mol. The van der Waals surface area contributed by atoms with E-state index in [2.05, 4.69) is 12.2 Å². The van der Waals surface area contributed by atoms with Crippen LogP contribution in [0.25, 0.3) is 0 Å². The van der Waals surface area contributed by atoms with Crippen LogP contribution < -0.4 is 0 Å². The second kappa shape index (κ2) is 15.1. The summed E-state index contributed by atoms with van der Waals surface area (Å²) in [5.74, 6) is -2.16.